The van der Waals surface area contributed by atoms with Crippen molar-refractivity contribution >= 4 is 39.4 Å². The Labute approximate surface area is 287 Å². The van der Waals surface area contributed by atoms with Gasteiger partial charge in [-0.3, -0.25) is 19.2 Å². The van der Waals surface area contributed by atoms with Crippen molar-refractivity contribution in [3.05, 3.63) is 0 Å². The van der Waals surface area contributed by atoms with Crippen LogP contribution in [0.15, 0.2) is 0 Å². The summed E-state index contributed by atoms with van der Waals surface area (Å²) in [6.07, 6.45) is 8.79. The number of likely N-dealkylation sites (tertiary alicyclic amines) is 1. The number of Topliss-reactive ketones (excluding diaryl/α,β-unsaturated/α-hetero) is 1. The average Bonchev–Trinajstić information content (AvgIpc) is 3.38. The van der Waals surface area contributed by atoms with Crippen molar-refractivity contribution in [3.8, 4) is 0 Å². The lowest BCUT2D eigenvalue weighted by Gasteiger charge is -2.37. The lowest BCUT2D eigenvalue weighted by atomic mass is 9.80. The molecule has 0 aromatic rings. The van der Waals surface area contributed by atoms with Crippen LogP contribution in [0.5, 0.6) is 0 Å². The third kappa shape index (κ3) is 10.4. The summed E-state index contributed by atoms with van der Waals surface area (Å²) in [4.78, 5) is 68.4. The van der Waals surface area contributed by atoms with Gasteiger partial charge < -0.3 is 26.6 Å². The molecule has 3 rings (SSSR count). The van der Waals surface area contributed by atoms with Crippen LogP contribution in [0, 0.1) is 29.6 Å². The van der Waals surface area contributed by atoms with Crippen molar-refractivity contribution in [2.45, 2.75) is 148 Å². The monoisotopic (exact) mass is 695 g/mol. The third-order valence-electron chi connectivity index (χ3n) is 10.6. The number of nitrogens with one attached hydrogen (secondary N) is 3. The van der Waals surface area contributed by atoms with E-state index in [1.807, 2.05) is 13.8 Å². The molecular weight excluding hydrogens is 634 g/mol. The van der Waals surface area contributed by atoms with Gasteiger partial charge in [-0.05, 0) is 82.5 Å². The molecule has 2 aliphatic carbocycles. The number of sulfone groups is 1. The molecule has 0 aromatic carbocycles. The van der Waals surface area contributed by atoms with Crippen LogP contribution >= 0.6 is 0 Å². The predicted molar refractivity (Wildman–Crippen MR) is 185 cm³/mol. The summed E-state index contributed by atoms with van der Waals surface area (Å²) in [5, 5.41) is 8.59. The maximum Gasteiger partial charge on any atom is 0.315 e. The Kier molecular flexibility index (Phi) is 13.9. The zero-order valence-corrected chi connectivity index (χ0v) is 31.0. The zero-order chi connectivity index (χ0) is 36.0. The van der Waals surface area contributed by atoms with E-state index in [2.05, 4.69) is 29.8 Å². The summed E-state index contributed by atoms with van der Waals surface area (Å²) in [6.45, 7) is 13.0. The summed E-state index contributed by atoms with van der Waals surface area (Å²) in [7, 11) is -3.54. The molecule has 1 unspecified atom stereocenters. The highest BCUT2D eigenvalue weighted by molar-refractivity contribution is 7.92. The number of nitrogens with two attached hydrogens (primary N) is 1. The van der Waals surface area contributed by atoms with Crippen LogP contribution in [-0.4, -0.2) is 84.1 Å². The Balaban J connectivity index is 1.88. The van der Waals surface area contributed by atoms with Crippen molar-refractivity contribution in [3.63, 3.8) is 0 Å². The largest absolute Gasteiger partial charge is 0.363 e. The van der Waals surface area contributed by atoms with Gasteiger partial charge in [0.2, 0.25) is 17.6 Å². The molecule has 13 heteroatoms. The summed E-state index contributed by atoms with van der Waals surface area (Å²) in [5.74, 6) is -3.05. The van der Waals surface area contributed by atoms with Crippen molar-refractivity contribution in [2.24, 2.45) is 35.3 Å². The first-order chi connectivity index (χ1) is 22.3. The third-order valence-corrected chi connectivity index (χ3v) is 13.3. The van der Waals surface area contributed by atoms with E-state index in [1.165, 1.54) is 0 Å². The number of nitrogens with zero attached hydrogens (tertiary/aromatic N) is 1. The Morgan fingerprint density at radius 2 is 1.46 bits per heavy atom. The fourth-order valence-corrected chi connectivity index (χ4v) is 8.74. The first kappa shape index (κ1) is 39.7. The Hall–Kier alpha value is -2.70. The maximum atomic E-state index is 14.5. The predicted octanol–water partition coefficient (Wildman–Crippen LogP) is 3.47. The van der Waals surface area contributed by atoms with Gasteiger partial charge in [0.15, 0.2) is 9.84 Å². The minimum absolute atomic E-state index is 0.150. The van der Waals surface area contributed by atoms with Crippen LogP contribution < -0.4 is 21.7 Å². The average molecular weight is 696 g/mol. The van der Waals surface area contributed by atoms with E-state index in [1.54, 1.807) is 25.7 Å². The summed E-state index contributed by atoms with van der Waals surface area (Å²) >= 11 is 0. The Bertz CT molecular complexity index is 1270. The van der Waals surface area contributed by atoms with E-state index in [0.29, 0.717) is 25.8 Å². The number of primary amides is 1. The van der Waals surface area contributed by atoms with Gasteiger partial charge in [0.1, 0.15) is 12.1 Å². The molecule has 274 valence electrons. The second-order valence-electron chi connectivity index (χ2n) is 16.2. The van der Waals surface area contributed by atoms with Crippen LogP contribution in [0.4, 0.5) is 4.79 Å². The van der Waals surface area contributed by atoms with Gasteiger partial charge in [0, 0.05) is 12.6 Å². The van der Waals surface area contributed by atoms with Crippen molar-refractivity contribution in [1.29, 1.82) is 0 Å². The summed E-state index contributed by atoms with van der Waals surface area (Å²) in [6, 6.07) is -4.13. The Morgan fingerprint density at radius 3 is 1.96 bits per heavy atom. The number of hydrogen-bond acceptors (Lipinski definition) is 7. The number of ketones is 1. The molecular formula is C35H61N5O7S. The number of hydrogen-bond donors (Lipinski definition) is 4. The molecule has 5 atom stereocenters. The van der Waals surface area contributed by atoms with E-state index in [-0.39, 0.29) is 41.2 Å². The molecule has 0 spiro atoms. The highest BCUT2D eigenvalue weighted by Crippen LogP contribution is 2.35. The highest BCUT2D eigenvalue weighted by Gasteiger charge is 2.46. The van der Waals surface area contributed by atoms with Crippen molar-refractivity contribution < 1.29 is 32.4 Å². The highest BCUT2D eigenvalue weighted by atomic mass is 32.2. The van der Waals surface area contributed by atoms with Crippen molar-refractivity contribution in [2.75, 3.05) is 12.3 Å². The van der Waals surface area contributed by atoms with Gasteiger partial charge in [-0.2, -0.15) is 0 Å². The fourth-order valence-electron chi connectivity index (χ4n) is 7.30. The normalized spacial score (nSPS) is 22.9. The molecule has 0 radical (unpaired) electrons. The van der Waals surface area contributed by atoms with E-state index >= 15 is 0 Å². The molecule has 0 aromatic heterocycles. The van der Waals surface area contributed by atoms with Gasteiger partial charge in [-0.25, -0.2) is 13.2 Å². The quantitative estimate of drug-likeness (QED) is 0.189. The maximum absolute atomic E-state index is 14.5. The van der Waals surface area contributed by atoms with Gasteiger partial charge in [-0.1, -0.05) is 66.2 Å². The molecule has 5 amide bonds. The van der Waals surface area contributed by atoms with Gasteiger partial charge in [-0.15, -0.1) is 0 Å². The smallest absolute Gasteiger partial charge is 0.315 e. The lowest BCUT2D eigenvalue weighted by molar-refractivity contribution is -0.144. The van der Waals surface area contributed by atoms with E-state index < -0.39 is 62.4 Å². The fraction of sp³-hybridized carbons (Fsp3) is 0.857. The molecule has 48 heavy (non-hydrogen) atoms. The van der Waals surface area contributed by atoms with Crippen molar-refractivity contribution in [1.82, 2.24) is 20.9 Å². The standard InChI is InChI=1S/C35H61N5O7S/c1-21(2)18-25-16-17-40(29(25)32(43)37-26(30(41)31(36)42)19-23-12-11-13-23)33(44)28(24-14-9-8-10-15-24)39-34(45)38-27(22(3)4)20-48(46,47)35(5,6)7/h21-29H,8-20H2,1-7H3,(H2,36,42)(H,37,43)(H2,38,39,45)/t25-,26?,27-,28+,29+/m1/s1. The molecule has 3 fully saturated rings. The first-order valence-corrected chi connectivity index (χ1v) is 19.7. The number of carbonyl (C=O) groups excluding carboxylic acids is 5. The number of urea groups is 1. The topological polar surface area (TPSA) is 185 Å². The molecule has 2 saturated carbocycles. The van der Waals surface area contributed by atoms with Crippen LogP contribution in [0.3, 0.4) is 0 Å². The van der Waals surface area contributed by atoms with E-state index in [4.69, 9.17) is 5.73 Å². The molecule has 1 saturated heterocycles. The second kappa shape index (κ2) is 16.8. The molecule has 12 nitrogen and oxygen atoms in total. The minimum Gasteiger partial charge on any atom is -0.363 e. The number of rotatable bonds is 15. The lowest BCUT2D eigenvalue weighted by Crippen LogP contribution is -2.60. The van der Waals surface area contributed by atoms with Gasteiger partial charge in [0.25, 0.3) is 5.91 Å². The second-order valence-corrected chi connectivity index (χ2v) is 19.0. The number of carbonyl (C=O) groups is 5. The minimum atomic E-state index is -3.54. The van der Waals surface area contributed by atoms with E-state index in [9.17, 15) is 32.4 Å². The van der Waals surface area contributed by atoms with Crippen LogP contribution in [0.25, 0.3) is 0 Å². The summed E-state index contributed by atoms with van der Waals surface area (Å²) in [5.41, 5.74) is 5.36. The van der Waals surface area contributed by atoms with Crippen LogP contribution in [0.1, 0.15) is 119 Å². The van der Waals surface area contributed by atoms with Gasteiger partial charge in [0.05, 0.1) is 16.5 Å². The molecule has 0 bridgehead atoms. The van der Waals surface area contributed by atoms with E-state index in [0.717, 1.165) is 51.4 Å². The summed E-state index contributed by atoms with van der Waals surface area (Å²) < 4.78 is 25.1. The Morgan fingerprint density at radius 1 is 0.833 bits per heavy atom. The van der Waals surface area contributed by atoms with Crippen LogP contribution in [0.2, 0.25) is 0 Å². The first-order valence-electron chi connectivity index (χ1n) is 18.1. The molecule has 5 N–H and O–H groups in total. The molecule has 1 aliphatic heterocycles. The number of amides is 5. The van der Waals surface area contributed by atoms with Gasteiger partial charge >= 0.3 is 6.03 Å². The van der Waals surface area contributed by atoms with Crippen LogP contribution in [-0.2, 0) is 29.0 Å². The molecule has 3 aliphatic rings. The SMILES string of the molecule is CC(C)C[C@H]1CCN(C(=O)[C@@H](NC(=O)N[C@H](CS(=O)(=O)C(C)(C)C)C(C)C)C2CCCCC2)[C@@H]1C(=O)NC(CC1CCC1)C(=O)C(N)=O. The zero-order valence-electron chi connectivity index (χ0n) is 30.2. The molecule has 1 heterocycles.